The van der Waals surface area contributed by atoms with Crippen LogP contribution in [0.5, 0.6) is 0 Å². The highest BCUT2D eigenvalue weighted by Gasteiger charge is 2.32. The Morgan fingerprint density at radius 3 is 2.45 bits per heavy atom. The lowest BCUT2D eigenvalue weighted by atomic mass is 10.5. The molecule has 0 amide bonds. The minimum atomic E-state index is -4.19. The van der Waals surface area contributed by atoms with Gasteiger partial charge in [0.2, 0.25) is 0 Å². The first-order valence-electron chi connectivity index (χ1n) is 2.84. The van der Waals surface area contributed by atoms with Crippen LogP contribution in [-0.2, 0) is 0 Å². The van der Waals surface area contributed by atoms with Crippen molar-refractivity contribution in [2.24, 2.45) is 4.99 Å². The highest BCUT2D eigenvalue weighted by Crippen LogP contribution is 2.28. The first-order valence-corrected chi connectivity index (χ1v) is 4.19. The number of hydrogen-bond acceptors (Lipinski definition) is 1. The van der Waals surface area contributed by atoms with E-state index in [9.17, 15) is 13.2 Å². The lowest BCUT2D eigenvalue weighted by Crippen LogP contribution is -2.19. The molecule has 0 spiro atoms. The average molecular weight is 181 g/mol. The summed E-state index contributed by atoms with van der Waals surface area (Å²) in [5, 5.41) is 1.45. The van der Waals surface area contributed by atoms with E-state index < -0.39 is 21.5 Å². The van der Waals surface area contributed by atoms with E-state index in [4.69, 9.17) is 0 Å². The van der Waals surface area contributed by atoms with Crippen molar-refractivity contribution in [2.45, 2.75) is 13.1 Å². The van der Waals surface area contributed by atoms with Gasteiger partial charge in [0, 0.05) is 6.20 Å². The van der Waals surface area contributed by atoms with E-state index in [1.165, 1.54) is 17.2 Å². The topological polar surface area (TPSA) is 12.4 Å². The highest BCUT2D eigenvalue weighted by molar-refractivity contribution is 8.29. The Balaban J connectivity index is 2.97. The summed E-state index contributed by atoms with van der Waals surface area (Å²) in [6.45, 7) is 1.09. The maximum absolute atomic E-state index is 12.0. The minimum Gasteiger partial charge on any atom is -0.258 e. The van der Waals surface area contributed by atoms with E-state index in [-0.39, 0.29) is 0 Å². The van der Waals surface area contributed by atoms with Gasteiger partial charge in [0.05, 0.1) is 10.4 Å². The van der Waals surface area contributed by atoms with Crippen LogP contribution >= 0.6 is 10.5 Å². The fourth-order valence-corrected chi connectivity index (χ4v) is 1.65. The Labute approximate surface area is 64.6 Å². The van der Waals surface area contributed by atoms with Gasteiger partial charge in [0.25, 0.3) is 0 Å². The maximum atomic E-state index is 12.0. The zero-order valence-electron chi connectivity index (χ0n) is 5.72. The van der Waals surface area contributed by atoms with Crippen molar-refractivity contribution in [2.75, 3.05) is 0 Å². The summed E-state index contributed by atoms with van der Waals surface area (Å²) in [5.41, 5.74) is 1.31. The molecule has 1 aliphatic heterocycles. The molecule has 0 aromatic rings. The number of halogens is 3. The quantitative estimate of drug-likeness (QED) is 0.509. The van der Waals surface area contributed by atoms with Crippen LogP contribution in [0.15, 0.2) is 16.6 Å². The molecule has 0 bridgehead atoms. The molecule has 62 valence electrons. The summed E-state index contributed by atoms with van der Waals surface area (Å²) in [7, 11) is -0.922. The summed E-state index contributed by atoms with van der Waals surface area (Å²) in [6, 6.07) is 0. The lowest BCUT2D eigenvalue weighted by Gasteiger charge is -2.07. The van der Waals surface area contributed by atoms with Gasteiger partial charge in [0.1, 0.15) is 0 Å². The van der Waals surface area contributed by atoms with E-state index in [1.54, 1.807) is 0 Å². The van der Waals surface area contributed by atoms with Gasteiger partial charge in [0.15, 0.2) is 0 Å². The monoisotopic (exact) mass is 181 g/mol. The second-order valence-electron chi connectivity index (χ2n) is 1.97. The molecular weight excluding hydrogens is 175 g/mol. The van der Waals surface area contributed by atoms with Crippen LogP contribution in [0.1, 0.15) is 6.92 Å². The predicted molar refractivity (Wildman–Crippen MR) is 42.0 cm³/mol. The maximum Gasteiger partial charge on any atom is 0.418 e. The van der Waals surface area contributed by atoms with Gasteiger partial charge in [-0.2, -0.15) is 13.2 Å². The van der Waals surface area contributed by atoms with Crippen molar-refractivity contribution in [1.29, 1.82) is 0 Å². The van der Waals surface area contributed by atoms with Gasteiger partial charge >= 0.3 is 6.18 Å². The molecule has 0 aliphatic carbocycles. The van der Waals surface area contributed by atoms with E-state index >= 15 is 0 Å². The van der Waals surface area contributed by atoms with Crippen molar-refractivity contribution >= 4 is 20.9 Å². The zero-order valence-corrected chi connectivity index (χ0v) is 6.54. The molecule has 1 heterocycles. The number of aliphatic imine (C=N–C) groups is 1. The second-order valence-corrected chi connectivity index (χ2v) is 3.80. The van der Waals surface area contributed by atoms with Gasteiger partial charge in [-0.05, 0) is 12.3 Å². The van der Waals surface area contributed by atoms with Crippen molar-refractivity contribution in [3.63, 3.8) is 0 Å². The third-order valence-corrected chi connectivity index (χ3v) is 2.92. The van der Waals surface area contributed by atoms with Crippen molar-refractivity contribution in [3.05, 3.63) is 11.6 Å². The van der Waals surface area contributed by atoms with Crippen LogP contribution in [-0.4, -0.2) is 16.6 Å². The summed E-state index contributed by atoms with van der Waals surface area (Å²) in [5.74, 6) is 0. The average Bonchev–Trinajstić information content (AvgIpc) is 2.34. The molecule has 0 aromatic heterocycles. The molecule has 0 N–H and O–H groups in total. The van der Waals surface area contributed by atoms with Crippen LogP contribution in [0.25, 0.3) is 0 Å². The van der Waals surface area contributed by atoms with Gasteiger partial charge in [-0.25, -0.2) is 0 Å². The molecule has 11 heavy (non-hydrogen) atoms. The molecule has 1 nitrogen and oxygen atoms in total. The number of alkyl halides is 3. The van der Waals surface area contributed by atoms with Crippen LogP contribution < -0.4 is 0 Å². The molecule has 1 aliphatic rings. The molecule has 1 atom stereocenters. The number of rotatable bonds is 0. The number of nitrogens with zero attached hydrogens (tertiary/aromatic N) is 1. The van der Waals surface area contributed by atoms with Gasteiger partial charge in [-0.1, -0.05) is 0 Å². The first kappa shape index (κ1) is 8.52. The third-order valence-electron chi connectivity index (χ3n) is 1.22. The first-order chi connectivity index (χ1) is 5.02. The second kappa shape index (κ2) is 2.81. The molecular formula is C6H6F3NS. The van der Waals surface area contributed by atoms with Crippen molar-refractivity contribution < 1.29 is 13.2 Å². The van der Waals surface area contributed by atoms with E-state index in [1.807, 2.05) is 0 Å². The predicted octanol–water partition coefficient (Wildman–Crippen LogP) is 2.52. The summed E-state index contributed by atoms with van der Waals surface area (Å²) < 4.78 is 35.9. The molecule has 0 radical (unpaired) electrons. The highest BCUT2D eigenvalue weighted by atomic mass is 32.2. The smallest absolute Gasteiger partial charge is 0.258 e. The van der Waals surface area contributed by atoms with Crippen LogP contribution in [0, 0.1) is 0 Å². The third kappa shape index (κ3) is 1.92. The summed E-state index contributed by atoms with van der Waals surface area (Å²) in [4.78, 5) is 3.09. The molecule has 0 fully saturated rings. The van der Waals surface area contributed by atoms with E-state index in [0.29, 0.717) is 0 Å². The zero-order chi connectivity index (χ0) is 8.48. The fourth-order valence-electron chi connectivity index (χ4n) is 0.551. The molecule has 5 heteroatoms. The molecule has 0 aromatic carbocycles. The van der Waals surface area contributed by atoms with Crippen LogP contribution in [0.3, 0.4) is 0 Å². The Morgan fingerprint density at radius 2 is 2.09 bits per heavy atom. The fraction of sp³-hybridized carbons (Fsp3) is 0.333. The van der Waals surface area contributed by atoms with Crippen molar-refractivity contribution in [3.8, 4) is 0 Å². The number of hydrogen-bond donors (Lipinski definition) is 0. The SMILES string of the molecule is CC(=S1C=CN=C1)C(F)(F)F. The minimum absolute atomic E-state index is 0.491. The molecule has 1 rings (SSSR count). The van der Waals surface area contributed by atoms with E-state index in [2.05, 4.69) is 4.99 Å². The molecule has 1 unspecified atom stereocenters. The molecule has 0 saturated carbocycles. The Kier molecular flexibility index (Phi) is 2.17. The van der Waals surface area contributed by atoms with Crippen LogP contribution in [0.4, 0.5) is 13.2 Å². The van der Waals surface area contributed by atoms with E-state index in [0.717, 1.165) is 6.92 Å². The summed E-state index contributed by atoms with van der Waals surface area (Å²) in [6.07, 6.45) is -2.80. The normalized spacial score (nSPS) is 24.4. The van der Waals surface area contributed by atoms with Gasteiger partial charge in [-0.15, -0.1) is 10.5 Å². The lowest BCUT2D eigenvalue weighted by molar-refractivity contribution is -0.0567. The largest absolute Gasteiger partial charge is 0.418 e. The standard InChI is InChI=1S/C6H6F3NS/c1-5(6(7,8)9)11-3-2-10-4-11/h2-4H,1H3. The van der Waals surface area contributed by atoms with Crippen LogP contribution in [0.2, 0.25) is 0 Å². The molecule has 0 saturated heterocycles. The Hall–Kier alpha value is -0.580. The Bertz CT molecular complexity index is 235. The van der Waals surface area contributed by atoms with Gasteiger partial charge in [-0.3, -0.25) is 4.99 Å². The van der Waals surface area contributed by atoms with Crippen molar-refractivity contribution in [1.82, 2.24) is 0 Å². The summed E-state index contributed by atoms with van der Waals surface area (Å²) >= 11 is 0. The Morgan fingerprint density at radius 1 is 1.45 bits per heavy atom. The van der Waals surface area contributed by atoms with Gasteiger partial charge < -0.3 is 0 Å².